The van der Waals surface area contributed by atoms with Crippen LogP contribution in [0.3, 0.4) is 0 Å². The molecule has 1 heteroatoms. The smallest absolute Gasteiger partial charge is 0.0361 e. The molecule has 1 nitrogen and oxygen atoms in total. The predicted octanol–water partition coefficient (Wildman–Crippen LogP) is 2.75. The van der Waals surface area contributed by atoms with Crippen LogP contribution in [0.25, 0.3) is 0 Å². The van der Waals surface area contributed by atoms with Gasteiger partial charge in [-0.3, -0.25) is 4.99 Å². The van der Waals surface area contributed by atoms with E-state index in [-0.39, 0.29) is 0 Å². The normalized spacial score (nSPS) is 10.5. The molecule has 0 amide bonds. The van der Waals surface area contributed by atoms with E-state index in [4.69, 9.17) is 0 Å². The molecule has 60 valence electrons. The molecule has 0 saturated carbocycles. The number of rotatable bonds is 3. The first-order valence-corrected chi connectivity index (χ1v) is 3.85. The minimum atomic E-state index is 0.834. The Kier molecular flexibility index (Phi) is 6.36. The van der Waals surface area contributed by atoms with E-state index in [1.54, 1.807) is 6.21 Å². The van der Waals surface area contributed by atoms with Crippen LogP contribution in [-0.4, -0.2) is 12.8 Å². The Hall–Kier alpha value is -1.07. The second kappa shape index (κ2) is 7.04. The molecule has 0 saturated heterocycles. The molecule has 0 aliphatic rings. The Morgan fingerprint density at radius 2 is 2.27 bits per heavy atom. The van der Waals surface area contributed by atoms with Gasteiger partial charge in [-0.25, -0.2) is 0 Å². The van der Waals surface area contributed by atoms with Gasteiger partial charge in [-0.05, 0) is 32.4 Å². The van der Waals surface area contributed by atoms with Gasteiger partial charge >= 0.3 is 0 Å². The van der Waals surface area contributed by atoms with E-state index in [0.717, 1.165) is 12.1 Å². The molecule has 0 unspecified atom stereocenters. The maximum absolute atomic E-state index is 4.02. The van der Waals surface area contributed by atoms with Crippen molar-refractivity contribution in [2.75, 3.05) is 6.54 Å². The van der Waals surface area contributed by atoms with Gasteiger partial charge in [0, 0.05) is 12.8 Å². The Morgan fingerprint density at radius 3 is 2.82 bits per heavy atom. The second-order valence-corrected chi connectivity index (χ2v) is 2.14. The predicted molar refractivity (Wildman–Crippen MR) is 51.1 cm³/mol. The lowest BCUT2D eigenvalue weighted by molar-refractivity contribution is 1.14. The highest BCUT2D eigenvalue weighted by Crippen LogP contribution is 1.89. The lowest BCUT2D eigenvalue weighted by Gasteiger charge is -1.79. The molecular weight excluding hydrogens is 134 g/mol. The quantitative estimate of drug-likeness (QED) is 0.332. The van der Waals surface area contributed by atoms with E-state index in [1.165, 1.54) is 0 Å². The molecule has 0 aliphatic heterocycles. The number of aliphatic imine (C=N–C) groups is 1. The maximum atomic E-state index is 4.02. The summed E-state index contributed by atoms with van der Waals surface area (Å²) in [6.45, 7) is 6.84. The van der Waals surface area contributed by atoms with Gasteiger partial charge < -0.3 is 0 Å². The third-order valence-corrected chi connectivity index (χ3v) is 1.09. The van der Waals surface area contributed by atoms with Crippen LogP contribution < -0.4 is 0 Å². The molecule has 0 aliphatic carbocycles. The fourth-order valence-corrected chi connectivity index (χ4v) is 0.625. The summed E-state index contributed by atoms with van der Waals surface area (Å²) in [7, 11) is 0. The SMILES string of the molecule is C/C=C\C(C)=C=CC=NCC. The van der Waals surface area contributed by atoms with Crippen LogP contribution >= 0.6 is 0 Å². The van der Waals surface area contributed by atoms with Crippen molar-refractivity contribution in [2.24, 2.45) is 4.99 Å². The van der Waals surface area contributed by atoms with Crippen molar-refractivity contribution >= 4 is 6.21 Å². The summed E-state index contributed by atoms with van der Waals surface area (Å²) in [6.07, 6.45) is 7.61. The summed E-state index contributed by atoms with van der Waals surface area (Å²) in [5.41, 5.74) is 4.19. The van der Waals surface area contributed by atoms with Crippen LogP contribution in [0.2, 0.25) is 0 Å². The van der Waals surface area contributed by atoms with Crippen LogP contribution in [-0.2, 0) is 0 Å². The zero-order chi connectivity index (χ0) is 8.53. The third kappa shape index (κ3) is 6.82. The molecule has 0 fully saturated rings. The Morgan fingerprint density at radius 1 is 1.55 bits per heavy atom. The summed E-state index contributed by atoms with van der Waals surface area (Å²) >= 11 is 0. The van der Waals surface area contributed by atoms with Gasteiger partial charge in [0.1, 0.15) is 0 Å². The van der Waals surface area contributed by atoms with Crippen molar-refractivity contribution in [2.45, 2.75) is 20.8 Å². The highest BCUT2D eigenvalue weighted by Gasteiger charge is 1.71. The Balaban J connectivity index is 4.05. The van der Waals surface area contributed by atoms with Gasteiger partial charge in [0.2, 0.25) is 0 Å². The van der Waals surface area contributed by atoms with Crippen molar-refractivity contribution in [3.63, 3.8) is 0 Å². The second-order valence-electron chi connectivity index (χ2n) is 2.14. The topological polar surface area (TPSA) is 12.4 Å². The fourth-order valence-electron chi connectivity index (χ4n) is 0.625. The van der Waals surface area contributed by atoms with Gasteiger partial charge in [0.05, 0.1) is 0 Å². The van der Waals surface area contributed by atoms with Crippen molar-refractivity contribution in [1.82, 2.24) is 0 Å². The maximum Gasteiger partial charge on any atom is 0.0361 e. The summed E-state index contributed by atoms with van der Waals surface area (Å²) in [5, 5.41) is 0. The van der Waals surface area contributed by atoms with Gasteiger partial charge in [-0.2, -0.15) is 0 Å². The van der Waals surface area contributed by atoms with Crippen LogP contribution in [0, 0.1) is 0 Å². The van der Waals surface area contributed by atoms with E-state index in [9.17, 15) is 0 Å². The fraction of sp³-hybridized carbons (Fsp3) is 0.400. The minimum Gasteiger partial charge on any atom is -0.293 e. The zero-order valence-corrected chi connectivity index (χ0v) is 7.46. The first kappa shape index (κ1) is 9.93. The van der Waals surface area contributed by atoms with Crippen molar-refractivity contribution in [3.05, 3.63) is 29.5 Å². The Bertz CT molecular complexity index is 203. The van der Waals surface area contributed by atoms with Crippen LogP contribution in [0.4, 0.5) is 0 Å². The number of hydrogen-bond acceptors (Lipinski definition) is 1. The summed E-state index contributed by atoms with van der Waals surface area (Å²) in [6, 6.07) is 0. The van der Waals surface area contributed by atoms with E-state index in [1.807, 2.05) is 39.0 Å². The highest BCUT2D eigenvalue weighted by atomic mass is 14.7. The number of nitrogens with zero attached hydrogens (tertiary/aromatic N) is 1. The van der Waals surface area contributed by atoms with Crippen LogP contribution in [0.5, 0.6) is 0 Å². The van der Waals surface area contributed by atoms with Crippen molar-refractivity contribution in [1.29, 1.82) is 0 Å². The summed E-state index contributed by atoms with van der Waals surface area (Å²) in [5.74, 6) is 0. The monoisotopic (exact) mass is 149 g/mol. The zero-order valence-electron chi connectivity index (χ0n) is 7.46. The molecule has 0 aromatic carbocycles. The molecule has 0 aromatic heterocycles. The molecule has 11 heavy (non-hydrogen) atoms. The molecule has 0 spiro atoms. The van der Waals surface area contributed by atoms with Crippen LogP contribution in [0.1, 0.15) is 20.8 Å². The van der Waals surface area contributed by atoms with Gasteiger partial charge in [0.15, 0.2) is 0 Å². The van der Waals surface area contributed by atoms with Crippen molar-refractivity contribution < 1.29 is 0 Å². The van der Waals surface area contributed by atoms with Crippen LogP contribution in [0.15, 0.2) is 34.5 Å². The molecule has 0 heterocycles. The first-order chi connectivity index (χ1) is 5.31. The molecule has 0 radical (unpaired) electrons. The molecule has 0 bridgehead atoms. The van der Waals surface area contributed by atoms with Gasteiger partial charge in [-0.15, -0.1) is 5.73 Å². The molecule has 0 aromatic rings. The average molecular weight is 149 g/mol. The highest BCUT2D eigenvalue weighted by molar-refractivity contribution is 5.70. The largest absolute Gasteiger partial charge is 0.293 e. The van der Waals surface area contributed by atoms with Crippen molar-refractivity contribution in [3.8, 4) is 0 Å². The van der Waals surface area contributed by atoms with E-state index >= 15 is 0 Å². The summed E-state index contributed by atoms with van der Waals surface area (Å²) in [4.78, 5) is 4.02. The summed E-state index contributed by atoms with van der Waals surface area (Å²) < 4.78 is 0. The molecule has 0 rings (SSSR count). The van der Waals surface area contributed by atoms with Gasteiger partial charge in [-0.1, -0.05) is 12.2 Å². The lowest BCUT2D eigenvalue weighted by Crippen LogP contribution is -1.68. The first-order valence-electron chi connectivity index (χ1n) is 3.85. The van der Waals surface area contributed by atoms with E-state index in [0.29, 0.717) is 0 Å². The number of allylic oxidation sites excluding steroid dienone is 3. The Labute approximate surface area is 68.9 Å². The van der Waals surface area contributed by atoms with E-state index < -0.39 is 0 Å². The minimum absolute atomic E-state index is 0.834. The number of hydrogen-bond donors (Lipinski definition) is 0. The molecule has 0 N–H and O–H groups in total. The molecular formula is C10H15N. The standard InChI is InChI=1S/C10H15N/c1-4-7-10(3)8-6-9-11-5-2/h4,6-7,9H,5H2,1-3H3/b7-4-,11-9?. The lowest BCUT2D eigenvalue weighted by atomic mass is 10.3. The average Bonchev–Trinajstić information content (AvgIpc) is 1.99. The third-order valence-electron chi connectivity index (χ3n) is 1.09. The van der Waals surface area contributed by atoms with E-state index in [2.05, 4.69) is 10.7 Å². The molecule has 0 atom stereocenters. The van der Waals surface area contributed by atoms with Gasteiger partial charge in [0.25, 0.3) is 0 Å².